The topological polar surface area (TPSA) is 112 Å². The van der Waals surface area contributed by atoms with E-state index in [0.29, 0.717) is 22.7 Å². The van der Waals surface area contributed by atoms with Crippen molar-refractivity contribution in [2.24, 2.45) is 0 Å². The molecule has 9 nitrogen and oxygen atoms in total. The molecule has 0 bridgehead atoms. The van der Waals surface area contributed by atoms with Crippen molar-refractivity contribution in [1.82, 2.24) is 19.5 Å². The highest BCUT2D eigenvalue weighted by Crippen LogP contribution is 2.32. The average Bonchev–Trinajstić information content (AvgIpc) is 3.25. The van der Waals surface area contributed by atoms with Gasteiger partial charge in [-0.3, -0.25) is 9.27 Å². The van der Waals surface area contributed by atoms with Gasteiger partial charge in [-0.05, 0) is 42.4 Å². The van der Waals surface area contributed by atoms with E-state index in [2.05, 4.69) is 55.9 Å². The first kappa shape index (κ1) is 21.4. The minimum atomic E-state index is -2.15. The van der Waals surface area contributed by atoms with Crippen LogP contribution >= 0.6 is 0 Å². The number of hydrogen-bond donors (Lipinski definition) is 3. The summed E-state index contributed by atoms with van der Waals surface area (Å²) in [5.41, 5.74) is 12.3. The SMILES string of the molecule is CN1CCN(c2cccc(-c3cnn4c(N)c(-c5cccc(NS(=O)O)c5)cnc34)c2)CC1. The van der Waals surface area contributed by atoms with Crippen LogP contribution in [0.2, 0.25) is 0 Å². The van der Waals surface area contributed by atoms with Gasteiger partial charge in [-0.25, -0.2) is 9.19 Å². The molecular weight excluding hydrogens is 438 g/mol. The fourth-order valence-corrected chi connectivity index (χ4v) is 4.49. The van der Waals surface area contributed by atoms with Crippen molar-refractivity contribution in [2.75, 3.05) is 48.6 Å². The summed E-state index contributed by atoms with van der Waals surface area (Å²) >= 11 is -2.15. The van der Waals surface area contributed by atoms with E-state index in [4.69, 9.17) is 10.3 Å². The lowest BCUT2D eigenvalue weighted by Crippen LogP contribution is -2.44. The minimum absolute atomic E-state index is 0.448. The Kier molecular flexibility index (Phi) is 5.71. The van der Waals surface area contributed by atoms with Gasteiger partial charge in [0.05, 0.1) is 6.20 Å². The molecule has 2 aromatic heterocycles. The highest BCUT2D eigenvalue weighted by atomic mass is 32.2. The first-order valence-corrected chi connectivity index (χ1v) is 11.7. The van der Waals surface area contributed by atoms with E-state index in [-0.39, 0.29) is 0 Å². The predicted molar refractivity (Wildman–Crippen MR) is 132 cm³/mol. The van der Waals surface area contributed by atoms with Crippen molar-refractivity contribution >= 4 is 34.1 Å². The Balaban J connectivity index is 1.50. The Morgan fingerprint density at radius 1 is 1.00 bits per heavy atom. The molecule has 170 valence electrons. The highest BCUT2D eigenvalue weighted by molar-refractivity contribution is 7.80. The number of nitrogens with two attached hydrogens (primary N) is 1. The summed E-state index contributed by atoms with van der Waals surface area (Å²) in [7, 11) is 2.15. The summed E-state index contributed by atoms with van der Waals surface area (Å²) in [6.07, 6.45) is 3.51. The van der Waals surface area contributed by atoms with Gasteiger partial charge in [-0.1, -0.05) is 24.3 Å². The van der Waals surface area contributed by atoms with Crippen LogP contribution in [0.5, 0.6) is 0 Å². The van der Waals surface area contributed by atoms with Crippen molar-refractivity contribution in [3.8, 4) is 22.3 Å². The third-order valence-electron chi connectivity index (χ3n) is 5.97. The largest absolute Gasteiger partial charge is 0.383 e. The van der Waals surface area contributed by atoms with E-state index in [1.807, 2.05) is 6.07 Å². The maximum Gasteiger partial charge on any atom is 0.259 e. The molecule has 1 fully saturated rings. The zero-order valence-electron chi connectivity index (χ0n) is 18.2. The molecule has 1 saturated heterocycles. The van der Waals surface area contributed by atoms with Crippen LogP contribution in [-0.4, -0.2) is 61.5 Å². The van der Waals surface area contributed by atoms with E-state index in [1.54, 1.807) is 35.1 Å². The summed E-state index contributed by atoms with van der Waals surface area (Å²) in [6.45, 7) is 4.10. The van der Waals surface area contributed by atoms with E-state index < -0.39 is 11.3 Å². The Hall–Kier alpha value is -3.47. The molecule has 0 spiro atoms. The molecule has 1 unspecified atom stereocenters. The van der Waals surface area contributed by atoms with Gasteiger partial charge in [0.2, 0.25) is 0 Å². The molecule has 2 aromatic carbocycles. The molecule has 1 atom stereocenters. The number of anilines is 3. The second-order valence-corrected chi connectivity index (χ2v) is 8.83. The van der Waals surface area contributed by atoms with Crippen LogP contribution in [0.25, 0.3) is 27.9 Å². The normalized spacial score (nSPS) is 15.6. The summed E-state index contributed by atoms with van der Waals surface area (Å²) in [4.78, 5) is 9.40. The van der Waals surface area contributed by atoms with E-state index in [0.717, 1.165) is 42.9 Å². The van der Waals surface area contributed by atoms with E-state index >= 15 is 0 Å². The number of rotatable bonds is 5. The molecule has 33 heavy (non-hydrogen) atoms. The number of nitrogens with zero attached hydrogens (tertiary/aromatic N) is 5. The van der Waals surface area contributed by atoms with Crippen LogP contribution in [0.1, 0.15) is 0 Å². The van der Waals surface area contributed by atoms with Crippen molar-refractivity contribution in [3.05, 3.63) is 60.9 Å². The molecule has 1 aliphatic heterocycles. The first-order valence-electron chi connectivity index (χ1n) is 10.6. The molecule has 0 saturated carbocycles. The lowest BCUT2D eigenvalue weighted by atomic mass is 10.1. The molecule has 0 amide bonds. The van der Waals surface area contributed by atoms with Gasteiger partial charge in [-0.2, -0.15) is 9.61 Å². The van der Waals surface area contributed by atoms with E-state index in [9.17, 15) is 4.21 Å². The van der Waals surface area contributed by atoms with Gasteiger partial charge < -0.3 is 15.5 Å². The smallest absolute Gasteiger partial charge is 0.259 e. The van der Waals surface area contributed by atoms with Crippen molar-refractivity contribution in [3.63, 3.8) is 0 Å². The Bertz CT molecular complexity index is 1330. The van der Waals surface area contributed by atoms with E-state index in [1.165, 1.54) is 5.69 Å². The number of piperazine rings is 1. The third kappa shape index (κ3) is 4.28. The second-order valence-electron chi connectivity index (χ2n) is 8.12. The van der Waals surface area contributed by atoms with Crippen molar-refractivity contribution < 1.29 is 8.76 Å². The van der Waals surface area contributed by atoms with Gasteiger partial charge in [0.25, 0.3) is 11.3 Å². The number of nitrogens with one attached hydrogen (secondary N) is 1. The summed E-state index contributed by atoms with van der Waals surface area (Å²) in [6, 6.07) is 15.6. The average molecular weight is 464 g/mol. The van der Waals surface area contributed by atoms with Gasteiger partial charge in [0.15, 0.2) is 5.65 Å². The number of benzene rings is 2. The van der Waals surface area contributed by atoms with Crippen LogP contribution < -0.4 is 15.4 Å². The number of likely N-dealkylation sites (N-methyl/N-ethyl adjacent to an activating group) is 1. The quantitative estimate of drug-likeness (QED) is 0.390. The maximum absolute atomic E-state index is 11.1. The van der Waals surface area contributed by atoms with Crippen LogP contribution in [0.3, 0.4) is 0 Å². The molecule has 1 aliphatic rings. The Labute approximate surface area is 194 Å². The third-order valence-corrected chi connectivity index (χ3v) is 6.38. The van der Waals surface area contributed by atoms with Gasteiger partial charge in [0, 0.05) is 54.9 Å². The monoisotopic (exact) mass is 463 g/mol. The lowest BCUT2D eigenvalue weighted by molar-refractivity contribution is 0.313. The number of nitrogen functional groups attached to an aromatic ring is 1. The van der Waals surface area contributed by atoms with Crippen LogP contribution in [0.15, 0.2) is 60.9 Å². The van der Waals surface area contributed by atoms with Crippen LogP contribution in [0.4, 0.5) is 17.2 Å². The lowest BCUT2D eigenvalue weighted by Gasteiger charge is -2.34. The molecule has 4 N–H and O–H groups in total. The van der Waals surface area contributed by atoms with Gasteiger partial charge in [0.1, 0.15) is 5.82 Å². The fraction of sp³-hybridized carbons (Fsp3) is 0.217. The minimum Gasteiger partial charge on any atom is -0.383 e. The summed E-state index contributed by atoms with van der Waals surface area (Å²) in [5.74, 6) is 0.448. The predicted octanol–water partition coefficient (Wildman–Crippen LogP) is 2.95. The summed E-state index contributed by atoms with van der Waals surface area (Å²) in [5, 5.41) is 4.51. The maximum atomic E-state index is 11.1. The zero-order chi connectivity index (χ0) is 22.9. The summed E-state index contributed by atoms with van der Waals surface area (Å²) < 4.78 is 24.3. The molecule has 4 aromatic rings. The number of fused-ring (bicyclic) bond motifs is 1. The highest BCUT2D eigenvalue weighted by Gasteiger charge is 2.17. The van der Waals surface area contributed by atoms with Gasteiger partial charge in [-0.15, -0.1) is 0 Å². The molecule has 10 heteroatoms. The zero-order valence-corrected chi connectivity index (χ0v) is 19.0. The standard InChI is InChI=1S/C23H25N7O2S/c1-28-8-10-29(11-9-28)19-7-3-5-17(13-19)21-15-26-30-22(24)20(14-25-23(21)30)16-4-2-6-18(12-16)27-33(31)32/h2-7,12-15,27H,8-11,24H2,1H3,(H,31,32). The van der Waals surface area contributed by atoms with Crippen LogP contribution in [0, 0.1) is 0 Å². The number of hydrogen-bond acceptors (Lipinski definition) is 6. The Morgan fingerprint density at radius 3 is 2.48 bits per heavy atom. The molecule has 5 rings (SSSR count). The van der Waals surface area contributed by atoms with Gasteiger partial charge >= 0.3 is 0 Å². The van der Waals surface area contributed by atoms with Crippen molar-refractivity contribution in [2.45, 2.75) is 0 Å². The second kappa shape index (κ2) is 8.81. The van der Waals surface area contributed by atoms with Crippen molar-refractivity contribution in [1.29, 1.82) is 0 Å². The molecule has 0 radical (unpaired) electrons. The Morgan fingerprint density at radius 2 is 1.73 bits per heavy atom. The van der Waals surface area contributed by atoms with Crippen LogP contribution in [-0.2, 0) is 11.3 Å². The fourth-order valence-electron chi connectivity index (χ4n) is 4.16. The first-order chi connectivity index (χ1) is 16.0. The molecule has 0 aliphatic carbocycles. The molecule has 3 heterocycles. The molecular formula is C23H25N7O2S. The number of aromatic nitrogens is 3.